The highest BCUT2D eigenvalue weighted by atomic mass is 35.5. The van der Waals surface area contributed by atoms with Gasteiger partial charge < -0.3 is 10.0 Å². The van der Waals surface area contributed by atoms with Gasteiger partial charge in [-0.05, 0) is 23.2 Å². The first-order chi connectivity index (χ1) is 5.09. The van der Waals surface area contributed by atoms with Crippen molar-refractivity contribution in [3.8, 4) is 0 Å². The average molecular weight is 194 g/mol. The zero-order valence-electron chi connectivity index (χ0n) is 5.07. The number of aromatic nitrogens is 3. The first-order valence-electron chi connectivity index (χ1n) is 2.52. The van der Waals surface area contributed by atoms with Crippen LogP contribution < -0.4 is 5.72 Å². The topological polar surface area (TPSA) is 79.1 Å². The fraction of sp³-hybridized carbons (Fsp3) is 0. The SMILES string of the molecule is OB(O)c1nc(Cl)nc(Cl)n1. The van der Waals surface area contributed by atoms with Crippen LogP contribution in [0, 0.1) is 0 Å². The van der Waals surface area contributed by atoms with Crippen molar-refractivity contribution in [2.24, 2.45) is 0 Å². The predicted molar refractivity (Wildman–Crippen MR) is 39.7 cm³/mol. The fourth-order valence-corrected chi connectivity index (χ4v) is 0.832. The standard InChI is InChI=1S/C3H2BCl2N3O2/c5-2-7-1(4(10)11)8-3(6)9-2/h10-11H. The fourth-order valence-electron chi connectivity index (χ4n) is 0.456. The van der Waals surface area contributed by atoms with Crippen LogP contribution >= 0.6 is 23.2 Å². The molecular formula is C3H2BCl2N3O2. The molecule has 2 N–H and O–H groups in total. The Morgan fingerprint density at radius 3 is 1.82 bits per heavy atom. The van der Waals surface area contributed by atoms with Crippen molar-refractivity contribution in [3.05, 3.63) is 10.6 Å². The minimum Gasteiger partial charge on any atom is -0.421 e. The molecule has 0 aliphatic heterocycles. The molecule has 0 aromatic carbocycles. The van der Waals surface area contributed by atoms with Gasteiger partial charge in [0.15, 0.2) is 5.72 Å². The van der Waals surface area contributed by atoms with E-state index in [1.54, 1.807) is 0 Å². The summed E-state index contributed by atoms with van der Waals surface area (Å²) < 4.78 is 0. The van der Waals surface area contributed by atoms with E-state index in [1.165, 1.54) is 0 Å². The van der Waals surface area contributed by atoms with Gasteiger partial charge in [-0.25, -0.2) is 9.97 Å². The Kier molecular flexibility index (Phi) is 2.61. The molecule has 0 radical (unpaired) electrons. The van der Waals surface area contributed by atoms with Gasteiger partial charge in [0.25, 0.3) is 0 Å². The Bertz CT molecular complexity index is 251. The molecule has 1 aromatic heterocycles. The molecule has 8 heteroatoms. The maximum Gasteiger partial charge on any atom is 0.528 e. The molecular weight excluding hydrogens is 192 g/mol. The Labute approximate surface area is 72.2 Å². The number of hydrogen-bond donors (Lipinski definition) is 2. The van der Waals surface area contributed by atoms with E-state index in [0.717, 1.165) is 0 Å². The highest BCUT2D eigenvalue weighted by Gasteiger charge is 2.16. The second-order valence-corrected chi connectivity index (χ2v) is 2.28. The Morgan fingerprint density at radius 1 is 1.00 bits per heavy atom. The first kappa shape index (κ1) is 8.67. The van der Waals surface area contributed by atoms with E-state index in [2.05, 4.69) is 15.0 Å². The van der Waals surface area contributed by atoms with Gasteiger partial charge in [-0.1, -0.05) is 0 Å². The van der Waals surface area contributed by atoms with Crippen molar-refractivity contribution in [2.45, 2.75) is 0 Å². The van der Waals surface area contributed by atoms with Crippen LogP contribution in [-0.4, -0.2) is 32.1 Å². The molecule has 5 nitrogen and oxygen atoms in total. The Balaban J connectivity index is 3.08. The molecule has 0 saturated carbocycles. The molecule has 0 fully saturated rings. The summed E-state index contributed by atoms with van der Waals surface area (Å²) in [6, 6.07) is 0. The van der Waals surface area contributed by atoms with E-state index in [1.807, 2.05) is 0 Å². The largest absolute Gasteiger partial charge is 0.528 e. The summed E-state index contributed by atoms with van der Waals surface area (Å²) in [7, 11) is -1.78. The van der Waals surface area contributed by atoms with Crippen LogP contribution in [0.1, 0.15) is 0 Å². The minimum absolute atomic E-state index is 0.173. The molecule has 0 bridgehead atoms. The summed E-state index contributed by atoms with van der Waals surface area (Å²) in [6.07, 6.45) is 0. The highest BCUT2D eigenvalue weighted by molar-refractivity contribution is 6.56. The van der Waals surface area contributed by atoms with E-state index in [4.69, 9.17) is 33.2 Å². The maximum atomic E-state index is 8.56. The quantitative estimate of drug-likeness (QED) is 0.552. The molecule has 1 aromatic rings. The summed E-state index contributed by atoms with van der Waals surface area (Å²) in [5.41, 5.74) is -0.269. The van der Waals surface area contributed by atoms with Gasteiger partial charge >= 0.3 is 7.12 Å². The third-order valence-corrected chi connectivity index (χ3v) is 1.17. The van der Waals surface area contributed by atoms with Crippen LogP contribution in [0.25, 0.3) is 0 Å². The van der Waals surface area contributed by atoms with E-state index < -0.39 is 7.12 Å². The van der Waals surface area contributed by atoms with Gasteiger partial charge in [0, 0.05) is 0 Å². The number of hydrogen-bond acceptors (Lipinski definition) is 5. The Morgan fingerprint density at radius 2 is 1.45 bits per heavy atom. The van der Waals surface area contributed by atoms with Crippen molar-refractivity contribution in [3.63, 3.8) is 0 Å². The summed E-state index contributed by atoms with van der Waals surface area (Å²) >= 11 is 10.7. The summed E-state index contributed by atoms with van der Waals surface area (Å²) in [4.78, 5) is 10.2. The van der Waals surface area contributed by atoms with Crippen LogP contribution in [0.5, 0.6) is 0 Å². The van der Waals surface area contributed by atoms with Gasteiger partial charge in [0.2, 0.25) is 10.6 Å². The van der Waals surface area contributed by atoms with Crippen LogP contribution in [0.4, 0.5) is 0 Å². The van der Waals surface area contributed by atoms with Crippen LogP contribution in [0.2, 0.25) is 10.6 Å². The van der Waals surface area contributed by atoms with Crippen molar-refractivity contribution >= 4 is 36.0 Å². The Hall–Kier alpha value is -0.425. The highest BCUT2D eigenvalue weighted by Crippen LogP contribution is 2.00. The molecule has 0 saturated heterocycles. The van der Waals surface area contributed by atoms with Crippen LogP contribution in [0.3, 0.4) is 0 Å². The number of rotatable bonds is 1. The third kappa shape index (κ3) is 2.26. The second-order valence-electron chi connectivity index (χ2n) is 1.61. The van der Waals surface area contributed by atoms with Gasteiger partial charge in [-0.15, -0.1) is 0 Å². The third-order valence-electron chi connectivity index (χ3n) is 0.829. The zero-order valence-corrected chi connectivity index (χ0v) is 6.58. The lowest BCUT2D eigenvalue weighted by atomic mass is 9.91. The lowest BCUT2D eigenvalue weighted by Gasteiger charge is -1.96. The van der Waals surface area contributed by atoms with E-state index in [0.29, 0.717) is 0 Å². The lowest BCUT2D eigenvalue weighted by molar-refractivity contribution is 0.422. The molecule has 0 atom stereocenters. The molecule has 0 amide bonds. The van der Waals surface area contributed by atoms with Crippen molar-refractivity contribution < 1.29 is 10.0 Å². The average Bonchev–Trinajstić information content (AvgIpc) is 1.85. The monoisotopic (exact) mass is 193 g/mol. The molecule has 0 unspecified atom stereocenters. The maximum absolute atomic E-state index is 8.56. The van der Waals surface area contributed by atoms with E-state index in [-0.39, 0.29) is 16.3 Å². The second kappa shape index (κ2) is 3.31. The number of nitrogens with zero attached hydrogens (tertiary/aromatic N) is 3. The van der Waals surface area contributed by atoms with Crippen molar-refractivity contribution in [1.82, 2.24) is 15.0 Å². The zero-order chi connectivity index (χ0) is 8.43. The van der Waals surface area contributed by atoms with Gasteiger partial charge in [-0.3, -0.25) is 0 Å². The minimum atomic E-state index is -1.78. The normalized spacial score (nSPS) is 9.82. The van der Waals surface area contributed by atoms with Crippen molar-refractivity contribution in [2.75, 3.05) is 0 Å². The summed E-state index contributed by atoms with van der Waals surface area (Å²) in [5.74, 6) is 0. The molecule has 0 aliphatic carbocycles. The molecule has 1 rings (SSSR count). The molecule has 0 spiro atoms. The predicted octanol–water partition coefficient (Wildman–Crippen LogP) is -1.14. The smallest absolute Gasteiger partial charge is 0.421 e. The van der Waals surface area contributed by atoms with Crippen LogP contribution in [-0.2, 0) is 0 Å². The first-order valence-corrected chi connectivity index (χ1v) is 3.28. The molecule has 0 aliphatic rings. The molecule has 1 heterocycles. The van der Waals surface area contributed by atoms with E-state index >= 15 is 0 Å². The number of halogens is 2. The lowest BCUT2D eigenvalue weighted by Crippen LogP contribution is -2.36. The van der Waals surface area contributed by atoms with Crippen molar-refractivity contribution in [1.29, 1.82) is 0 Å². The van der Waals surface area contributed by atoms with E-state index in [9.17, 15) is 0 Å². The van der Waals surface area contributed by atoms with Gasteiger partial charge in [-0.2, -0.15) is 4.98 Å². The van der Waals surface area contributed by atoms with Gasteiger partial charge in [0.1, 0.15) is 0 Å². The molecule has 11 heavy (non-hydrogen) atoms. The van der Waals surface area contributed by atoms with Crippen LogP contribution in [0.15, 0.2) is 0 Å². The summed E-state index contributed by atoms with van der Waals surface area (Å²) in [6.45, 7) is 0. The summed E-state index contributed by atoms with van der Waals surface area (Å²) in [5, 5.41) is 16.8. The molecule has 58 valence electrons. The van der Waals surface area contributed by atoms with Gasteiger partial charge in [0.05, 0.1) is 0 Å².